The molecule has 2 amide bonds. The fourth-order valence-electron chi connectivity index (χ4n) is 2.63. The van der Waals surface area contributed by atoms with E-state index in [-0.39, 0.29) is 24.3 Å². The Morgan fingerprint density at radius 3 is 2.59 bits per heavy atom. The third kappa shape index (κ3) is 2.70. The van der Waals surface area contributed by atoms with Gasteiger partial charge in [-0.2, -0.15) is 0 Å². The second kappa shape index (κ2) is 5.81. The van der Waals surface area contributed by atoms with Crippen LogP contribution < -0.4 is 10.2 Å². The van der Waals surface area contributed by atoms with E-state index in [1.807, 2.05) is 25.1 Å². The maximum absolute atomic E-state index is 12.9. The fourth-order valence-corrected chi connectivity index (χ4v) is 2.75. The smallest absolute Gasteiger partial charge is 0.258 e. The number of nitrogens with zero attached hydrogens (tertiary/aromatic N) is 1. The molecule has 22 heavy (non-hydrogen) atoms. The van der Waals surface area contributed by atoms with Crippen LogP contribution >= 0.6 is 11.6 Å². The number of hydrogen-bond acceptors (Lipinski definition) is 2. The molecular weight excluding hydrogens is 300 g/mol. The van der Waals surface area contributed by atoms with Gasteiger partial charge in [-0.15, -0.1) is 0 Å². The lowest BCUT2D eigenvalue weighted by Gasteiger charge is -2.28. The molecule has 1 aliphatic rings. The number of carbonyl (C=O) groups excluding carboxylic acids is 2. The minimum atomic E-state index is -0.230. The number of amides is 2. The van der Waals surface area contributed by atoms with Crippen LogP contribution in [0.5, 0.6) is 0 Å². The van der Waals surface area contributed by atoms with Gasteiger partial charge in [0.25, 0.3) is 5.91 Å². The standard InChI is InChI=1S/C17H15ClN2O2/c1-11-10-16(21)19-14-4-2-3-5-15(14)20(11)17(22)12-6-8-13(18)9-7-12/h2-9,11H,10H2,1H3,(H,19,21)/t11-/m0/s1. The van der Waals surface area contributed by atoms with Crippen molar-refractivity contribution in [2.45, 2.75) is 19.4 Å². The van der Waals surface area contributed by atoms with Crippen molar-refractivity contribution >= 4 is 34.8 Å². The first-order valence-electron chi connectivity index (χ1n) is 7.04. The van der Waals surface area contributed by atoms with Gasteiger partial charge in [-0.1, -0.05) is 23.7 Å². The van der Waals surface area contributed by atoms with Crippen molar-refractivity contribution < 1.29 is 9.59 Å². The number of fused-ring (bicyclic) bond motifs is 1. The van der Waals surface area contributed by atoms with E-state index in [0.717, 1.165) is 0 Å². The van der Waals surface area contributed by atoms with Crippen LogP contribution in [0.4, 0.5) is 11.4 Å². The number of nitrogens with one attached hydrogen (secondary N) is 1. The van der Waals surface area contributed by atoms with Crippen LogP contribution in [0.3, 0.4) is 0 Å². The highest BCUT2D eigenvalue weighted by atomic mass is 35.5. The molecule has 1 atom stereocenters. The quantitative estimate of drug-likeness (QED) is 0.872. The summed E-state index contributed by atoms with van der Waals surface area (Å²) in [6.45, 7) is 1.87. The minimum Gasteiger partial charge on any atom is -0.324 e. The second-order valence-corrected chi connectivity index (χ2v) is 5.74. The van der Waals surface area contributed by atoms with Gasteiger partial charge >= 0.3 is 0 Å². The van der Waals surface area contributed by atoms with E-state index in [1.165, 1.54) is 0 Å². The molecule has 0 fully saturated rings. The highest BCUT2D eigenvalue weighted by molar-refractivity contribution is 6.30. The Balaban J connectivity index is 2.05. The van der Waals surface area contributed by atoms with Crippen LogP contribution in [-0.2, 0) is 4.79 Å². The lowest BCUT2D eigenvalue weighted by Crippen LogP contribution is -2.39. The normalized spacial score (nSPS) is 17.5. The molecule has 2 aromatic carbocycles. The summed E-state index contributed by atoms with van der Waals surface area (Å²) in [5.41, 5.74) is 1.90. The molecule has 0 unspecified atom stereocenters. The van der Waals surface area contributed by atoms with Gasteiger partial charge < -0.3 is 10.2 Å². The molecule has 1 aliphatic heterocycles. The van der Waals surface area contributed by atoms with Crippen LogP contribution in [0.15, 0.2) is 48.5 Å². The van der Waals surface area contributed by atoms with E-state index < -0.39 is 0 Å². The molecule has 2 aromatic rings. The molecule has 0 aliphatic carbocycles. The molecule has 5 heteroatoms. The maximum Gasteiger partial charge on any atom is 0.258 e. The summed E-state index contributed by atoms with van der Waals surface area (Å²) in [5.74, 6) is -0.237. The van der Waals surface area contributed by atoms with Crippen molar-refractivity contribution in [2.75, 3.05) is 10.2 Å². The van der Waals surface area contributed by atoms with Crippen molar-refractivity contribution in [2.24, 2.45) is 0 Å². The number of benzene rings is 2. The van der Waals surface area contributed by atoms with Crippen molar-refractivity contribution in [1.29, 1.82) is 0 Å². The first-order chi connectivity index (χ1) is 10.6. The summed E-state index contributed by atoms with van der Waals surface area (Å²) in [7, 11) is 0. The van der Waals surface area contributed by atoms with Crippen LogP contribution in [0, 0.1) is 0 Å². The van der Waals surface area contributed by atoms with Crippen LogP contribution in [0.2, 0.25) is 5.02 Å². The van der Waals surface area contributed by atoms with E-state index in [0.29, 0.717) is 22.0 Å². The monoisotopic (exact) mass is 314 g/mol. The largest absolute Gasteiger partial charge is 0.324 e. The van der Waals surface area contributed by atoms with E-state index in [1.54, 1.807) is 35.2 Å². The van der Waals surface area contributed by atoms with Gasteiger partial charge in [-0.25, -0.2) is 0 Å². The zero-order valence-electron chi connectivity index (χ0n) is 12.0. The Morgan fingerprint density at radius 1 is 1.18 bits per heavy atom. The van der Waals surface area contributed by atoms with Gasteiger partial charge in [0.1, 0.15) is 0 Å². The van der Waals surface area contributed by atoms with E-state index >= 15 is 0 Å². The molecule has 1 heterocycles. The first-order valence-corrected chi connectivity index (χ1v) is 7.42. The highest BCUT2D eigenvalue weighted by Crippen LogP contribution is 2.32. The van der Waals surface area contributed by atoms with Gasteiger partial charge in [0.2, 0.25) is 5.91 Å². The number of rotatable bonds is 1. The zero-order valence-corrected chi connectivity index (χ0v) is 12.8. The number of carbonyl (C=O) groups is 2. The number of anilines is 2. The highest BCUT2D eigenvalue weighted by Gasteiger charge is 2.30. The summed E-state index contributed by atoms with van der Waals surface area (Å²) in [6, 6.07) is 13.9. The summed E-state index contributed by atoms with van der Waals surface area (Å²) in [6.07, 6.45) is 0.258. The SMILES string of the molecule is C[C@H]1CC(=O)Nc2ccccc2N1C(=O)c1ccc(Cl)cc1. The third-order valence-electron chi connectivity index (χ3n) is 3.67. The molecule has 112 valence electrons. The van der Waals surface area contributed by atoms with Crippen LogP contribution in [0.25, 0.3) is 0 Å². The summed E-state index contributed by atoms with van der Waals surface area (Å²) in [5, 5.41) is 3.43. The van der Waals surface area contributed by atoms with E-state index in [2.05, 4.69) is 5.32 Å². The summed E-state index contributed by atoms with van der Waals surface area (Å²) in [4.78, 5) is 26.5. The molecule has 0 saturated carbocycles. The number of para-hydroxylation sites is 2. The predicted molar refractivity (Wildman–Crippen MR) is 87.4 cm³/mol. The molecule has 0 aromatic heterocycles. The number of hydrogen-bond donors (Lipinski definition) is 1. The number of halogens is 1. The van der Waals surface area contributed by atoms with Gasteiger partial charge in [0.15, 0.2) is 0 Å². The van der Waals surface area contributed by atoms with E-state index in [9.17, 15) is 9.59 Å². The summed E-state index contributed by atoms with van der Waals surface area (Å²) < 4.78 is 0. The van der Waals surface area contributed by atoms with Gasteiger partial charge in [-0.3, -0.25) is 9.59 Å². The van der Waals surface area contributed by atoms with Gasteiger partial charge in [0, 0.05) is 23.0 Å². The van der Waals surface area contributed by atoms with Crippen molar-refractivity contribution in [3.8, 4) is 0 Å². The Kier molecular flexibility index (Phi) is 3.86. The maximum atomic E-state index is 12.9. The second-order valence-electron chi connectivity index (χ2n) is 5.30. The molecule has 0 bridgehead atoms. The lowest BCUT2D eigenvalue weighted by atomic mass is 10.1. The van der Waals surface area contributed by atoms with Gasteiger partial charge in [-0.05, 0) is 43.3 Å². The van der Waals surface area contributed by atoms with Gasteiger partial charge in [0.05, 0.1) is 11.4 Å². The minimum absolute atomic E-state index is 0.0913. The predicted octanol–water partition coefficient (Wildman–Crippen LogP) is 3.72. The first kappa shape index (κ1) is 14.6. The third-order valence-corrected chi connectivity index (χ3v) is 3.92. The van der Waals surface area contributed by atoms with Crippen LogP contribution in [-0.4, -0.2) is 17.9 Å². The zero-order chi connectivity index (χ0) is 15.7. The average molecular weight is 315 g/mol. The molecule has 0 radical (unpaired) electrons. The van der Waals surface area contributed by atoms with Crippen molar-refractivity contribution in [3.63, 3.8) is 0 Å². The lowest BCUT2D eigenvalue weighted by molar-refractivity contribution is -0.116. The molecular formula is C17H15ClN2O2. The fraction of sp³-hybridized carbons (Fsp3) is 0.176. The average Bonchev–Trinajstić information content (AvgIpc) is 2.61. The van der Waals surface area contributed by atoms with Crippen molar-refractivity contribution in [3.05, 3.63) is 59.1 Å². The summed E-state index contributed by atoms with van der Waals surface area (Å²) >= 11 is 5.88. The molecule has 1 N–H and O–H groups in total. The van der Waals surface area contributed by atoms with E-state index in [4.69, 9.17) is 11.6 Å². The Bertz CT molecular complexity index is 728. The molecule has 0 spiro atoms. The Labute approximate surface area is 133 Å². The molecule has 4 nitrogen and oxygen atoms in total. The molecule has 3 rings (SSSR count). The topological polar surface area (TPSA) is 49.4 Å². The van der Waals surface area contributed by atoms with Crippen LogP contribution in [0.1, 0.15) is 23.7 Å². The van der Waals surface area contributed by atoms with Crippen molar-refractivity contribution in [1.82, 2.24) is 0 Å². The Morgan fingerprint density at radius 2 is 1.86 bits per heavy atom. The molecule has 0 saturated heterocycles. The Hall–Kier alpha value is -2.33.